The Labute approximate surface area is 150 Å². The second-order valence-corrected chi connectivity index (χ2v) is 7.56. The first-order valence-corrected chi connectivity index (χ1v) is 9.17. The van der Waals surface area contributed by atoms with Gasteiger partial charge in [-0.15, -0.1) is 0 Å². The Kier molecular flexibility index (Phi) is 6.05. The molecule has 0 amide bonds. The van der Waals surface area contributed by atoms with Gasteiger partial charge in [0, 0.05) is 28.5 Å². The van der Waals surface area contributed by atoms with Crippen LogP contribution in [-0.2, 0) is 19.9 Å². The molecule has 0 spiro atoms. The molecule has 1 aromatic heterocycles. The number of hydrogen-bond acceptors (Lipinski definition) is 2. The van der Waals surface area contributed by atoms with Crippen molar-refractivity contribution in [3.63, 3.8) is 0 Å². The predicted octanol–water partition coefficient (Wildman–Crippen LogP) is 4.77. The van der Waals surface area contributed by atoms with Gasteiger partial charge in [0.1, 0.15) is 0 Å². The van der Waals surface area contributed by atoms with Crippen LogP contribution >= 0.6 is 47.8 Å². The fourth-order valence-electron chi connectivity index (χ4n) is 2.40. The molecule has 0 aliphatic rings. The third-order valence-electron chi connectivity index (χ3n) is 3.54. The van der Waals surface area contributed by atoms with Crippen molar-refractivity contribution in [1.82, 2.24) is 15.1 Å². The SMILES string of the molecule is CCc1nn(C)c(CC(NC)c2cc(Br)cc(Br)c2)c1Br. The highest BCUT2D eigenvalue weighted by atomic mass is 79.9. The number of nitrogens with one attached hydrogen (secondary N) is 1. The molecule has 0 aliphatic carbocycles. The molecule has 114 valence electrons. The Morgan fingerprint density at radius 3 is 2.29 bits per heavy atom. The van der Waals surface area contributed by atoms with Crippen molar-refractivity contribution in [1.29, 1.82) is 0 Å². The monoisotopic (exact) mass is 477 g/mol. The van der Waals surface area contributed by atoms with Crippen LogP contribution in [0.1, 0.15) is 29.9 Å². The van der Waals surface area contributed by atoms with Gasteiger partial charge in [-0.1, -0.05) is 38.8 Å². The lowest BCUT2D eigenvalue weighted by molar-refractivity contribution is 0.559. The van der Waals surface area contributed by atoms with Crippen molar-refractivity contribution < 1.29 is 0 Å². The molecule has 6 heteroatoms. The summed E-state index contributed by atoms with van der Waals surface area (Å²) in [4.78, 5) is 0. The second kappa shape index (κ2) is 7.40. The first-order valence-electron chi connectivity index (χ1n) is 6.79. The summed E-state index contributed by atoms with van der Waals surface area (Å²) in [7, 11) is 3.99. The van der Waals surface area contributed by atoms with E-state index in [9.17, 15) is 0 Å². The zero-order chi connectivity index (χ0) is 15.6. The molecular formula is C15H18Br3N3. The molecule has 0 saturated carbocycles. The highest BCUT2D eigenvalue weighted by molar-refractivity contribution is 9.11. The number of nitrogens with zero attached hydrogens (tertiary/aromatic N) is 2. The van der Waals surface area contributed by atoms with Crippen LogP contribution in [0.25, 0.3) is 0 Å². The second-order valence-electron chi connectivity index (χ2n) is 4.93. The summed E-state index contributed by atoms with van der Waals surface area (Å²) in [5.41, 5.74) is 3.56. The lowest BCUT2D eigenvalue weighted by Crippen LogP contribution is -2.20. The predicted molar refractivity (Wildman–Crippen MR) is 97.6 cm³/mol. The molecule has 21 heavy (non-hydrogen) atoms. The molecule has 0 saturated heterocycles. The molecule has 0 aliphatic heterocycles. The third kappa shape index (κ3) is 3.97. The topological polar surface area (TPSA) is 29.9 Å². The summed E-state index contributed by atoms with van der Waals surface area (Å²) >= 11 is 10.8. The van der Waals surface area contributed by atoms with Crippen molar-refractivity contribution in [3.05, 3.63) is 48.6 Å². The van der Waals surface area contributed by atoms with Crippen LogP contribution in [0.5, 0.6) is 0 Å². The van der Waals surface area contributed by atoms with Crippen LogP contribution in [0.4, 0.5) is 0 Å². The van der Waals surface area contributed by atoms with Crippen LogP contribution in [0.2, 0.25) is 0 Å². The standard InChI is InChI=1S/C15H18Br3N3/c1-4-12-15(18)14(21(3)20-12)8-13(19-2)9-5-10(16)7-11(17)6-9/h5-7,13,19H,4,8H2,1-3H3. The van der Waals surface area contributed by atoms with E-state index in [0.717, 1.165) is 32.0 Å². The molecule has 0 bridgehead atoms. The number of aromatic nitrogens is 2. The first kappa shape index (κ1) is 17.2. The van der Waals surface area contributed by atoms with Crippen LogP contribution in [0.15, 0.2) is 31.6 Å². The number of aryl methyl sites for hydroxylation is 2. The molecule has 2 rings (SSSR count). The lowest BCUT2D eigenvalue weighted by Gasteiger charge is -2.18. The van der Waals surface area contributed by atoms with E-state index in [1.54, 1.807) is 0 Å². The minimum Gasteiger partial charge on any atom is -0.313 e. The van der Waals surface area contributed by atoms with Gasteiger partial charge in [-0.25, -0.2) is 0 Å². The van der Waals surface area contributed by atoms with Crippen molar-refractivity contribution in [2.45, 2.75) is 25.8 Å². The molecular weight excluding hydrogens is 462 g/mol. The molecule has 1 aromatic carbocycles. The Balaban J connectivity index is 2.33. The number of likely N-dealkylation sites (N-methyl/N-ethyl adjacent to an activating group) is 1. The molecule has 3 nitrogen and oxygen atoms in total. The number of hydrogen-bond donors (Lipinski definition) is 1. The average Bonchev–Trinajstić information content (AvgIpc) is 2.70. The van der Waals surface area contributed by atoms with E-state index in [2.05, 4.69) is 77.3 Å². The van der Waals surface area contributed by atoms with Gasteiger partial charge in [0.15, 0.2) is 0 Å². The summed E-state index contributed by atoms with van der Waals surface area (Å²) in [6, 6.07) is 6.58. The van der Waals surface area contributed by atoms with Crippen LogP contribution in [0, 0.1) is 0 Å². The summed E-state index contributed by atoms with van der Waals surface area (Å²) in [5, 5.41) is 7.97. The molecule has 1 heterocycles. The Morgan fingerprint density at radius 2 is 1.81 bits per heavy atom. The average molecular weight is 480 g/mol. The fourth-order valence-corrected chi connectivity index (χ4v) is 4.51. The van der Waals surface area contributed by atoms with Gasteiger partial charge in [-0.05, 0) is 53.2 Å². The van der Waals surface area contributed by atoms with Crippen LogP contribution in [0.3, 0.4) is 0 Å². The van der Waals surface area contributed by atoms with Gasteiger partial charge in [0.25, 0.3) is 0 Å². The number of rotatable bonds is 5. The van der Waals surface area contributed by atoms with Crippen molar-refractivity contribution >= 4 is 47.8 Å². The van der Waals surface area contributed by atoms with E-state index in [0.29, 0.717) is 0 Å². The normalized spacial score (nSPS) is 12.7. The van der Waals surface area contributed by atoms with Gasteiger partial charge in [-0.2, -0.15) is 5.10 Å². The summed E-state index contributed by atoms with van der Waals surface area (Å²) in [6.45, 7) is 2.12. The quantitative estimate of drug-likeness (QED) is 0.669. The minimum absolute atomic E-state index is 0.232. The maximum absolute atomic E-state index is 4.57. The molecule has 1 unspecified atom stereocenters. The molecule has 1 atom stereocenters. The van der Waals surface area contributed by atoms with Crippen molar-refractivity contribution in [2.24, 2.45) is 7.05 Å². The smallest absolute Gasteiger partial charge is 0.0766 e. The highest BCUT2D eigenvalue weighted by Gasteiger charge is 2.18. The Morgan fingerprint density at radius 1 is 1.19 bits per heavy atom. The Hall–Kier alpha value is -0.170. The van der Waals surface area contributed by atoms with Gasteiger partial charge in [-0.3, -0.25) is 4.68 Å². The van der Waals surface area contributed by atoms with Gasteiger partial charge in [0.05, 0.1) is 15.9 Å². The van der Waals surface area contributed by atoms with Gasteiger partial charge in [0.2, 0.25) is 0 Å². The van der Waals surface area contributed by atoms with E-state index in [4.69, 9.17) is 0 Å². The van der Waals surface area contributed by atoms with E-state index in [-0.39, 0.29) is 6.04 Å². The zero-order valence-electron chi connectivity index (χ0n) is 12.3. The minimum atomic E-state index is 0.232. The zero-order valence-corrected chi connectivity index (χ0v) is 17.0. The summed E-state index contributed by atoms with van der Waals surface area (Å²) < 4.78 is 5.25. The summed E-state index contributed by atoms with van der Waals surface area (Å²) in [6.07, 6.45) is 1.81. The van der Waals surface area contributed by atoms with E-state index < -0.39 is 0 Å². The van der Waals surface area contributed by atoms with Gasteiger partial charge < -0.3 is 5.32 Å². The van der Waals surface area contributed by atoms with Crippen molar-refractivity contribution in [3.8, 4) is 0 Å². The van der Waals surface area contributed by atoms with Crippen LogP contribution < -0.4 is 5.32 Å². The molecule has 1 N–H and O–H groups in total. The van der Waals surface area contributed by atoms with Gasteiger partial charge >= 0.3 is 0 Å². The third-order valence-corrected chi connectivity index (χ3v) is 5.37. The van der Waals surface area contributed by atoms with E-state index >= 15 is 0 Å². The fraction of sp³-hybridized carbons (Fsp3) is 0.400. The van der Waals surface area contributed by atoms with E-state index in [1.807, 2.05) is 24.8 Å². The maximum atomic E-state index is 4.57. The summed E-state index contributed by atoms with van der Waals surface area (Å²) in [5.74, 6) is 0. The van der Waals surface area contributed by atoms with Crippen molar-refractivity contribution in [2.75, 3.05) is 7.05 Å². The largest absolute Gasteiger partial charge is 0.313 e. The number of benzene rings is 1. The first-order chi connectivity index (χ1) is 9.96. The number of halogens is 3. The lowest BCUT2D eigenvalue weighted by atomic mass is 10.0. The molecule has 2 aromatic rings. The molecule has 0 radical (unpaired) electrons. The maximum Gasteiger partial charge on any atom is 0.0766 e. The molecule has 0 fully saturated rings. The highest BCUT2D eigenvalue weighted by Crippen LogP contribution is 2.29. The van der Waals surface area contributed by atoms with E-state index in [1.165, 1.54) is 11.3 Å². The van der Waals surface area contributed by atoms with Crippen LogP contribution in [-0.4, -0.2) is 16.8 Å². The Bertz CT molecular complexity index is 617.